The van der Waals surface area contributed by atoms with E-state index in [4.69, 9.17) is 0 Å². The highest BCUT2D eigenvalue weighted by Gasteiger charge is 2.12. The van der Waals surface area contributed by atoms with Gasteiger partial charge in [-0.3, -0.25) is 9.78 Å². The van der Waals surface area contributed by atoms with Gasteiger partial charge in [0.2, 0.25) is 5.78 Å². The molecule has 2 nitrogen and oxygen atoms in total. The van der Waals surface area contributed by atoms with Crippen LogP contribution in [0.3, 0.4) is 0 Å². The van der Waals surface area contributed by atoms with Crippen LogP contribution in [0.25, 0.3) is 5.57 Å². The van der Waals surface area contributed by atoms with Crippen molar-refractivity contribution in [1.29, 1.82) is 0 Å². The highest BCUT2D eigenvalue weighted by Crippen LogP contribution is 2.16. The number of benzene rings is 1. The third-order valence-electron chi connectivity index (χ3n) is 2.29. The van der Waals surface area contributed by atoms with Gasteiger partial charge in [0.1, 0.15) is 5.69 Å². The topological polar surface area (TPSA) is 30.0 Å². The Hall–Kier alpha value is -2.22. The third-order valence-corrected chi connectivity index (χ3v) is 2.29. The zero-order valence-corrected chi connectivity index (χ0v) is 8.76. The molecule has 0 aliphatic carbocycles. The third kappa shape index (κ3) is 2.06. The maximum absolute atomic E-state index is 12.0. The summed E-state index contributed by atoms with van der Waals surface area (Å²) in [4.78, 5) is 16.0. The SMILES string of the molecule is C=C(C(=O)c1ccccn1)c1ccccc1. The lowest BCUT2D eigenvalue weighted by atomic mass is 10.0. The molecule has 0 radical (unpaired) electrons. The summed E-state index contributed by atoms with van der Waals surface area (Å²) in [5.41, 5.74) is 1.73. The first-order valence-electron chi connectivity index (χ1n) is 4.99. The normalized spacial score (nSPS) is 9.75. The van der Waals surface area contributed by atoms with Crippen LogP contribution in [0.5, 0.6) is 0 Å². The zero-order valence-electron chi connectivity index (χ0n) is 8.76. The van der Waals surface area contributed by atoms with Crippen LogP contribution in [0, 0.1) is 0 Å². The molecule has 0 fully saturated rings. The molecule has 0 saturated heterocycles. The fourth-order valence-corrected chi connectivity index (χ4v) is 1.42. The predicted molar refractivity (Wildman–Crippen MR) is 64.0 cm³/mol. The molecule has 78 valence electrons. The van der Waals surface area contributed by atoms with Crippen molar-refractivity contribution < 1.29 is 4.79 Å². The first kappa shape index (κ1) is 10.3. The van der Waals surface area contributed by atoms with Crippen LogP contribution >= 0.6 is 0 Å². The van der Waals surface area contributed by atoms with Crippen LogP contribution in [0.2, 0.25) is 0 Å². The van der Waals surface area contributed by atoms with Crippen molar-refractivity contribution >= 4 is 11.4 Å². The molecule has 16 heavy (non-hydrogen) atoms. The van der Waals surface area contributed by atoms with Crippen LogP contribution in [-0.4, -0.2) is 10.8 Å². The average molecular weight is 209 g/mol. The Morgan fingerprint density at radius 2 is 1.69 bits per heavy atom. The molecular formula is C14H11NO. The van der Waals surface area contributed by atoms with Crippen LogP contribution in [0.15, 0.2) is 61.3 Å². The molecule has 2 rings (SSSR count). The highest BCUT2D eigenvalue weighted by atomic mass is 16.1. The number of ketones is 1. The van der Waals surface area contributed by atoms with Gasteiger partial charge >= 0.3 is 0 Å². The fourth-order valence-electron chi connectivity index (χ4n) is 1.42. The molecular weight excluding hydrogens is 198 g/mol. The second-order valence-corrected chi connectivity index (χ2v) is 3.39. The number of nitrogens with zero attached hydrogens (tertiary/aromatic N) is 1. The van der Waals surface area contributed by atoms with E-state index in [0.717, 1.165) is 5.56 Å². The number of pyridine rings is 1. The maximum atomic E-state index is 12.0. The van der Waals surface area contributed by atoms with E-state index in [9.17, 15) is 4.79 Å². The Labute approximate surface area is 94.3 Å². The summed E-state index contributed by atoms with van der Waals surface area (Å²) >= 11 is 0. The van der Waals surface area contributed by atoms with Crippen molar-refractivity contribution in [2.24, 2.45) is 0 Å². The first-order chi connectivity index (χ1) is 7.79. The summed E-state index contributed by atoms with van der Waals surface area (Å²) < 4.78 is 0. The predicted octanol–water partition coefficient (Wildman–Crippen LogP) is 2.98. The number of allylic oxidation sites excluding steroid dienone is 1. The maximum Gasteiger partial charge on any atom is 0.211 e. The van der Waals surface area contributed by atoms with Gasteiger partial charge in [-0.05, 0) is 17.7 Å². The number of aromatic nitrogens is 1. The van der Waals surface area contributed by atoms with Crippen molar-refractivity contribution in [1.82, 2.24) is 4.98 Å². The number of carbonyl (C=O) groups excluding carboxylic acids is 1. The highest BCUT2D eigenvalue weighted by molar-refractivity contribution is 6.27. The second-order valence-electron chi connectivity index (χ2n) is 3.39. The van der Waals surface area contributed by atoms with Gasteiger partial charge in [0.25, 0.3) is 0 Å². The van der Waals surface area contributed by atoms with Crippen molar-refractivity contribution in [2.75, 3.05) is 0 Å². The van der Waals surface area contributed by atoms with E-state index in [1.165, 1.54) is 0 Å². The molecule has 0 aliphatic rings. The minimum atomic E-state index is -0.133. The van der Waals surface area contributed by atoms with Gasteiger partial charge in [0.15, 0.2) is 0 Å². The number of hydrogen-bond acceptors (Lipinski definition) is 2. The summed E-state index contributed by atoms with van der Waals surface area (Å²) in [6.07, 6.45) is 1.60. The van der Waals surface area contributed by atoms with E-state index in [1.54, 1.807) is 24.4 Å². The number of carbonyl (C=O) groups is 1. The quantitative estimate of drug-likeness (QED) is 0.574. The van der Waals surface area contributed by atoms with Crippen molar-refractivity contribution in [2.45, 2.75) is 0 Å². The van der Waals surface area contributed by atoms with Gasteiger partial charge < -0.3 is 0 Å². The standard InChI is InChI=1S/C14H11NO/c1-11(12-7-3-2-4-8-12)14(16)13-9-5-6-10-15-13/h2-10H,1H2. The van der Waals surface area contributed by atoms with Crippen molar-refractivity contribution in [3.05, 3.63) is 72.6 Å². The second kappa shape index (κ2) is 4.53. The van der Waals surface area contributed by atoms with E-state index >= 15 is 0 Å². The first-order valence-corrected chi connectivity index (χ1v) is 4.99. The molecule has 2 heteroatoms. The van der Waals surface area contributed by atoms with E-state index in [2.05, 4.69) is 11.6 Å². The molecule has 0 atom stereocenters. The molecule has 2 aromatic rings. The lowest BCUT2D eigenvalue weighted by Crippen LogP contribution is -2.03. The van der Waals surface area contributed by atoms with Gasteiger partial charge in [-0.15, -0.1) is 0 Å². The monoisotopic (exact) mass is 209 g/mol. The Balaban J connectivity index is 2.28. The van der Waals surface area contributed by atoms with E-state index < -0.39 is 0 Å². The van der Waals surface area contributed by atoms with E-state index in [0.29, 0.717) is 11.3 Å². The summed E-state index contributed by atoms with van der Waals surface area (Å²) in [5, 5.41) is 0. The van der Waals surface area contributed by atoms with Crippen molar-refractivity contribution in [3.8, 4) is 0 Å². The Kier molecular flexibility index (Phi) is 2.92. The Morgan fingerprint density at radius 1 is 1.00 bits per heavy atom. The van der Waals surface area contributed by atoms with Crippen LogP contribution in [0.1, 0.15) is 16.1 Å². The number of Topliss-reactive ketones (excluding diaryl/α,β-unsaturated/α-hetero) is 1. The smallest absolute Gasteiger partial charge is 0.211 e. The van der Waals surface area contributed by atoms with E-state index in [1.807, 2.05) is 30.3 Å². The molecule has 0 spiro atoms. The van der Waals surface area contributed by atoms with Crippen LogP contribution in [0.4, 0.5) is 0 Å². The van der Waals surface area contributed by atoms with Crippen LogP contribution in [-0.2, 0) is 0 Å². The Bertz CT molecular complexity index is 453. The van der Waals surface area contributed by atoms with Crippen LogP contribution < -0.4 is 0 Å². The molecule has 0 saturated carbocycles. The average Bonchev–Trinajstić information content (AvgIpc) is 2.39. The fraction of sp³-hybridized carbons (Fsp3) is 0. The van der Waals surface area contributed by atoms with Gasteiger partial charge in [-0.1, -0.05) is 43.0 Å². The summed E-state index contributed by atoms with van der Waals surface area (Å²) in [7, 11) is 0. The van der Waals surface area contributed by atoms with Gasteiger partial charge in [0, 0.05) is 11.8 Å². The summed E-state index contributed by atoms with van der Waals surface area (Å²) in [5.74, 6) is -0.133. The van der Waals surface area contributed by atoms with Crippen molar-refractivity contribution in [3.63, 3.8) is 0 Å². The van der Waals surface area contributed by atoms with E-state index in [-0.39, 0.29) is 5.78 Å². The number of rotatable bonds is 3. The zero-order chi connectivity index (χ0) is 11.4. The lowest BCUT2D eigenvalue weighted by Gasteiger charge is -2.03. The number of hydrogen-bond donors (Lipinski definition) is 0. The van der Waals surface area contributed by atoms with Gasteiger partial charge in [-0.2, -0.15) is 0 Å². The minimum absolute atomic E-state index is 0.133. The lowest BCUT2D eigenvalue weighted by molar-refractivity contribution is 0.105. The molecule has 0 N–H and O–H groups in total. The molecule has 0 bridgehead atoms. The largest absolute Gasteiger partial charge is 0.287 e. The van der Waals surface area contributed by atoms with Gasteiger partial charge in [0.05, 0.1) is 0 Å². The summed E-state index contributed by atoms with van der Waals surface area (Å²) in [6, 6.07) is 14.7. The van der Waals surface area contributed by atoms with Gasteiger partial charge in [-0.25, -0.2) is 0 Å². The molecule has 0 aliphatic heterocycles. The minimum Gasteiger partial charge on any atom is -0.287 e. The Morgan fingerprint density at radius 3 is 2.31 bits per heavy atom. The molecule has 1 heterocycles. The molecule has 1 aromatic carbocycles. The molecule has 0 unspecified atom stereocenters. The summed E-state index contributed by atoms with van der Waals surface area (Å²) in [6.45, 7) is 3.81. The molecule has 1 aromatic heterocycles. The molecule has 0 amide bonds.